The number of ether oxygens (including phenoxy) is 1. The summed E-state index contributed by atoms with van der Waals surface area (Å²) in [5.41, 5.74) is 6.71. The van der Waals surface area contributed by atoms with Gasteiger partial charge in [-0.15, -0.1) is 0 Å². The second-order valence-corrected chi connectivity index (χ2v) is 5.68. The number of anilines is 2. The first-order chi connectivity index (χ1) is 9.40. The average Bonchev–Trinajstić information content (AvgIpc) is 2.37. The lowest BCUT2D eigenvalue weighted by molar-refractivity contribution is -0.126. The zero-order valence-electron chi connectivity index (χ0n) is 12.3. The minimum Gasteiger partial charge on any atom is -0.399 e. The van der Waals surface area contributed by atoms with Crippen molar-refractivity contribution in [2.45, 2.75) is 39.7 Å². The molecule has 20 heavy (non-hydrogen) atoms. The Morgan fingerprint density at radius 2 is 2.10 bits per heavy atom. The fraction of sp³-hybridized carbons (Fsp3) is 0.533. The highest BCUT2D eigenvalue weighted by molar-refractivity contribution is 6.34. The lowest BCUT2D eigenvalue weighted by Crippen LogP contribution is -2.28. The van der Waals surface area contributed by atoms with Crippen molar-refractivity contribution in [1.82, 2.24) is 0 Å². The molecule has 0 aromatic heterocycles. The Balaban J connectivity index is 2.41. The topological polar surface area (TPSA) is 64.3 Å². The Morgan fingerprint density at radius 3 is 2.70 bits per heavy atom. The van der Waals surface area contributed by atoms with Crippen molar-refractivity contribution in [2.75, 3.05) is 17.7 Å². The zero-order chi connectivity index (χ0) is 15.1. The number of carbonyl (C=O) groups is 1. The van der Waals surface area contributed by atoms with Crippen LogP contribution in [0.25, 0.3) is 0 Å². The molecule has 1 rings (SSSR count). The van der Waals surface area contributed by atoms with Gasteiger partial charge in [0.25, 0.3) is 5.91 Å². The molecule has 0 radical (unpaired) electrons. The van der Waals surface area contributed by atoms with E-state index in [0.29, 0.717) is 28.9 Å². The maximum Gasteiger partial charge on any atom is 0.253 e. The van der Waals surface area contributed by atoms with Gasteiger partial charge in [-0.05, 0) is 43.9 Å². The molecule has 0 aliphatic heterocycles. The monoisotopic (exact) mass is 298 g/mol. The molecule has 1 aromatic rings. The van der Waals surface area contributed by atoms with E-state index >= 15 is 0 Å². The summed E-state index contributed by atoms with van der Waals surface area (Å²) in [6.07, 6.45) is 1.55. The number of nitrogens with one attached hydrogen (secondary N) is 1. The number of amides is 1. The molecule has 0 bridgehead atoms. The lowest BCUT2D eigenvalue weighted by atomic mass is 10.1. The molecule has 1 amide bonds. The van der Waals surface area contributed by atoms with Crippen molar-refractivity contribution in [1.29, 1.82) is 0 Å². The van der Waals surface area contributed by atoms with Crippen LogP contribution in [0.2, 0.25) is 5.02 Å². The zero-order valence-corrected chi connectivity index (χ0v) is 13.0. The molecule has 4 nitrogen and oxygen atoms in total. The Hall–Kier alpha value is -1.26. The summed E-state index contributed by atoms with van der Waals surface area (Å²) in [6.45, 7) is 6.65. The molecule has 1 aromatic carbocycles. The standard InChI is InChI=1S/C15H23ClN2O2/c1-10(2)5-4-8-20-11(3)15(19)18-14-7-6-12(17)9-13(14)16/h6-7,9-11H,4-5,8,17H2,1-3H3,(H,18,19). The normalized spacial score (nSPS) is 12.4. The maximum atomic E-state index is 12.0. The van der Waals surface area contributed by atoms with Crippen LogP contribution in [-0.2, 0) is 9.53 Å². The number of hydrogen-bond acceptors (Lipinski definition) is 3. The summed E-state index contributed by atoms with van der Waals surface area (Å²) >= 11 is 6.00. The molecule has 112 valence electrons. The van der Waals surface area contributed by atoms with Crippen LogP contribution < -0.4 is 11.1 Å². The molecule has 0 aliphatic carbocycles. The molecule has 0 saturated heterocycles. The van der Waals surface area contributed by atoms with Crippen LogP contribution in [0, 0.1) is 5.92 Å². The molecule has 0 saturated carbocycles. The highest BCUT2D eigenvalue weighted by Crippen LogP contribution is 2.24. The Bertz CT molecular complexity index is 449. The Labute approximate surface area is 125 Å². The van der Waals surface area contributed by atoms with Crippen molar-refractivity contribution in [3.05, 3.63) is 23.2 Å². The van der Waals surface area contributed by atoms with Crippen molar-refractivity contribution in [3.8, 4) is 0 Å². The summed E-state index contributed by atoms with van der Waals surface area (Å²) in [6, 6.07) is 4.97. The lowest BCUT2D eigenvalue weighted by Gasteiger charge is -2.14. The van der Waals surface area contributed by atoms with Gasteiger partial charge >= 0.3 is 0 Å². The summed E-state index contributed by atoms with van der Waals surface area (Å²) < 4.78 is 5.51. The molecule has 0 heterocycles. The van der Waals surface area contributed by atoms with E-state index in [1.54, 1.807) is 25.1 Å². The number of nitrogen functional groups attached to an aromatic ring is 1. The minimum absolute atomic E-state index is 0.207. The fourth-order valence-corrected chi connectivity index (χ4v) is 1.93. The molecular formula is C15H23ClN2O2. The number of carbonyl (C=O) groups excluding carboxylic acids is 1. The maximum absolute atomic E-state index is 12.0. The highest BCUT2D eigenvalue weighted by Gasteiger charge is 2.14. The van der Waals surface area contributed by atoms with Crippen LogP contribution in [0.15, 0.2) is 18.2 Å². The van der Waals surface area contributed by atoms with E-state index in [1.165, 1.54) is 0 Å². The number of rotatable bonds is 7. The van der Waals surface area contributed by atoms with Gasteiger partial charge in [0.2, 0.25) is 0 Å². The Kier molecular flexibility index (Phi) is 6.82. The summed E-state index contributed by atoms with van der Waals surface area (Å²) in [5, 5.41) is 3.16. The van der Waals surface area contributed by atoms with Gasteiger partial charge in [0.05, 0.1) is 10.7 Å². The quantitative estimate of drug-likeness (QED) is 0.596. The van der Waals surface area contributed by atoms with Crippen LogP contribution in [0.3, 0.4) is 0 Å². The third kappa shape index (κ3) is 5.80. The summed E-state index contributed by atoms with van der Waals surface area (Å²) in [5.74, 6) is 0.442. The second-order valence-electron chi connectivity index (χ2n) is 5.28. The first-order valence-corrected chi connectivity index (χ1v) is 7.25. The van der Waals surface area contributed by atoms with Crippen molar-refractivity contribution in [3.63, 3.8) is 0 Å². The van der Waals surface area contributed by atoms with Crippen LogP contribution in [-0.4, -0.2) is 18.6 Å². The largest absolute Gasteiger partial charge is 0.399 e. The third-order valence-electron chi connectivity index (χ3n) is 2.91. The minimum atomic E-state index is -0.504. The summed E-state index contributed by atoms with van der Waals surface area (Å²) in [4.78, 5) is 12.0. The first-order valence-electron chi connectivity index (χ1n) is 6.87. The van der Waals surface area contributed by atoms with E-state index in [9.17, 15) is 4.79 Å². The SMILES string of the molecule is CC(C)CCCOC(C)C(=O)Nc1ccc(N)cc1Cl. The van der Waals surface area contributed by atoms with Crippen LogP contribution >= 0.6 is 11.6 Å². The average molecular weight is 299 g/mol. The van der Waals surface area contributed by atoms with E-state index in [4.69, 9.17) is 22.1 Å². The number of hydrogen-bond donors (Lipinski definition) is 2. The highest BCUT2D eigenvalue weighted by atomic mass is 35.5. The van der Waals surface area contributed by atoms with E-state index in [1.807, 2.05) is 0 Å². The van der Waals surface area contributed by atoms with Gasteiger partial charge in [0.15, 0.2) is 0 Å². The van der Waals surface area contributed by atoms with Gasteiger partial charge in [0, 0.05) is 12.3 Å². The van der Waals surface area contributed by atoms with Gasteiger partial charge in [-0.3, -0.25) is 4.79 Å². The first kappa shape index (κ1) is 16.8. The number of nitrogens with two attached hydrogens (primary N) is 1. The smallest absolute Gasteiger partial charge is 0.253 e. The van der Waals surface area contributed by atoms with Gasteiger partial charge in [-0.2, -0.15) is 0 Å². The van der Waals surface area contributed by atoms with E-state index in [2.05, 4.69) is 19.2 Å². The second kappa shape index (κ2) is 8.12. The third-order valence-corrected chi connectivity index (χ3v) is 3.23. The summed E-state index contributed by atoms with van der Waals surface area (Å²) in [7, 11) is 0. The predicted molar refractivity (Wildman–Crippen MR) is 84.0 cm³/mol. The van der Waals surface area contributed by atoms with Gasteiger partial charge < -0.3 is 15.8 Å². The van der Waals surface area contributed by atoms with Crippen molar-refractivity contribution < 1.29 is 9.53 Å². The van der Waals surface area contributed by atoms with E-state index in [-0.39, 0.29) is 5.91 Å². The van der Waals surface area contributed by atoms with E-state index in [0.717, 1.165) is 12.8 Å². The van der Waals surface area contributed by atoms with Crippen LogP contribution in [0.5, 0.6) is 0 Å². The van der Waals surface area contributed by atoms with Crippen LogP contribution in [0.1, 0.15) is 33.6 Å². The molecule has 1 unspecified atom stereocenters. The van der Waals surface area contributed by atoms with Crippen molar-refractivity contribution in [2.24, 2.45) is 5.92 Å². The molecular weight excluding hydrogens is 276 g/mol. The van der Waals surface area contributed by atoms with E-state index < -0.39 is 6.10 Å². The molecule has 0 spiro atoms. The molecule has 5 heteroatoms. The fourth-order valence-electron chi connectivity index (χ4n) is 1.69. The number of benzene rings is 1. The van der Waals surface area contributed by atoms with Gasteiger partial charge in [-0.1, -0.05) is 25.4 Å². The van der Waals surface area contributed by atoms with Crippen molar-refractivity contribution >= 4 is 28.9 Å². The predicted octanol–water partition coefficient (Wildman–Crippen LogP) is 3.70. The molecule has 1 atom stereocenters. The van der Waals surface area contributed by atoms with Gasteiger partial charge in [0.1, 0.15) is 6.10 Å². The molecule has 3 N–H and O–H groups in total. The van der Waals surface area contributed by atoms with Crippen LogP contribution in [0.4, 0.5) is 11.4 Å². The number of halogens is 1. The van der Waals surface area contributed by atoms with Gasteiger partial charge in [-0.25, -0.2) is 0 Å². The molecule has 0 aliphatic rings. The molecule has 0 fully saturated rings. The Morgan fingerprint density at radius 1 is 1.40 bits per heavy atom.